The van der Waals surface area contributed by atoms with Crippen molar-refractivity contribution in [2.45, 2.75) is 0 Å². The molecule has 1 aromatic rings. The van der Waals surface area contributed by atoms with E-state index in [2.05, 4.69) is 4.74 Å². The minimum Gasteiger partial charge on any atom is -0.465 e. The zero-order valence-corrected chi connectivity index (χ0v) is 7.37. The lowest BCUT2D eigenvalue weighted by atomic mass is 10.1. The van der Waals surface area contributed by atoms with Crippen LogP contribution in [0.5, 0.6) is 0 Å². The van der Waals surface area contributed by atoms with E-state index in [0.29, 0.717) is 0 Å². The summed E-state index contributed by atoms with van der Waals surface area (Å²) in [6.07, 6.45) is 0. The first kappa shape index (κ1) is 9.99. The molecule has 0 saturated heterocycles. The van der Waals surface area contributed by atoms with E-state index in [1.165, 1.54) is 6.07 Å². The summed E-state index contributed by atoms with van der Waals surface area (Å²) >= 11 is 0. The van der Waals surface area contributed by atoms with Crippen LogP contribution in [0.1, 0.15) is 15.9 Å². The average molecular weight is 194 g/mol. The van der Waals surface area contributed by atoms with Crippen LogP contribution in [0.25, 0.3) is 0 Å². The number of methoxy groups -OCH3 is 1. The van der Waals surface area contributed by atoms with E-state index in [1.807, 2.05) is 0 Å². The predicted molar refractivity (Wildman–Crippen MR) is 46.9 cm³/mol. The van der Waals surface area contributed by atoms with E-state index in [0.717, 1.165) is 13.2 Å². The van der Waals surface area contributed by atoms with E-state index in [4.69, 9.17) is 11.0 Å². The molecule has 0 heterocycles. The lowest BCUT2D eigenvalue weighted by molar-refractivity contribution is 0.0601. The molecule has 0 saturated carbocycles. The Morgan fingerprint density at radius 3 is 2.79 bits per heavy atom. The maximum atomic E-state index is 13.0. The number of hydrogen-bond acceptors (Lipinski definition) is 4. The van der Waals surface area contributed by atoms with Crippen molar-refractivity contribution in [2.24, 2.45) is 0 Å². The summed E-state index contributed by atoms with van der Waals surface area (Å²) in [7, 11) is 1.13. The molecule has 72 valence electrons. The Kier molecular flexibility index (Phi) is 2.67. The van der Waals surface area contributed by atoms with Crippen molar-refractivity contribution in [3.8, 4) is 6.07 Å². The topological polar surface area (TPSA) is 76.1 Å². The van der Waals surface area contributed by atoms with Crippen LogP contribution < -0.4 is 5.73 Å². The Morgan fingerprint density at radius 1 is 1.64 bits per heavy atom. The summed E-state index contributed by atoms with van der Waals surface area (Å²) in [5.41, 5.74) is 4.83. The van der Waals surface area contributed by atoms with Gasteiger partial charge < -0.3 is 10.5 Å². The highest BCUT2D eigenvalue weighted by Crippen LogP contribution is 2.20. The van der Waals surface area contributed by atoms with Crippen LogP contribution >= 0.6 is 0 Å². The predicted octanol–water partition coefficient (Wildman–Crippen LogP) is 1.07. The van der Waals surface area contributed by atoms with Gasteiger partial charge in [-0.15, -0.1) is 0 Å². The Hall–Kier alpha value is -2.09. The molecular weight excluding hydrogens is 187 g/mol. The molecule has 2 N–H and O–H groups in total. The summed E-state index contributed by atoms with van der Waals surface area (Å²) in [6, 6.07) is 3.80. The number of esters is 1. The first-order chi connectivity index (χ1) is 6.61. The smallest absolute Gasteiger partial charge is 0.341 e. The second-order valence-electron chi connectivity index (χ2n) is 2.49. The number of carbonyl (C=O) groups excluding carboxylic acids is 1. The van der Waals surface area contributed by atoms with Gasteiger partial charge in [0, 0.05) is 5.69 Å². The molecule has 0 amide bonds. The van der Waals surface area contributed by atoms with Crippen LogP contribution in [0.4, 0.5) is 10.1 Å². The standard InChI is InChI=1S/C9H7FN2O2/c1-14-9(13)8-5(4-11)6(10)2-3-7(8)12/h2-3H,12H2,1H3. The van der Waals surface area contributed by atoms with Crippen LogP contribution in [-0.4, -0.2) is 13.1 Å². The molecule has 5 heteroatoms. The van der Waals surface area contributed by atoms with Gasteiger partial charge in [0.25, 0.3) is 0 Å². The summed E-state index contributed by atoms with van der Waals surface area (Å²) in [4.78, 5) is 11.1. The number of benzene rings is 1. The molecule has 0 aromatic heterocycles. The Bertz CT molecular complexity index is 424. The van der Waals surface area contributed by atoms with E-state index < -0.39 is 17.3 Å². The van der Waals surface area contributed by atoms with E-state index in [-0.39, 0.29) is 11.3 Å². The summed E-state index contributed by atoms with van der Waals surface area (Å²) in [5.74, 6) is -1.61. The fourth-order valence-corrected chi connectivity index (χ4v) is 1.02. The molecule has 1 rings (SSSR count). The molecule has 0 spiro atoms. The average Bonchev–Trinajstić information content (AvgIpc) is 2.19. The van der Waals surface area contributed by atoms with Gasteiger partial charge in [0.1, 0.15) is 23.0 Å². The number of carbonyl (C=O) groups is 1. The number of nitrogens with two attached hydrogens (primary N) is 1. The molecule has 0 unspecified atom stereocenters. The highest BCUT2D eigenvalue weighted by Gasteiger charge is 2.18. The molecule has 4 nitrogen and oxygen atoms in total. The summed E-state index contributed by atoms with van der Waals surface area (Å²) in [5, 5.41) is 8.61. The number of nitriles is 1. The maximum absolute atomic E-state index is 13.0. The highest BCUT2D eigenvalue weighted by atomic mass is 19.1. The summed E-state index contributed by atoms with van der Waals surface area (Å²) < 4.78 is 17.4. The Labute approximate surface area is 79.7 Å². The molecular formula is C9H7FN2O2. The third kappa shape index (κ3) is 1.50. The van der Waals surface area contributed by atoms with Gasteiger partial charge in [-0.2, -0.15) is 5.26 Å². The van der Waals surface area contributed by atoms with Gasteiger partial charge in [0.2, 0.25) is 0 Å². The maximum Gasteiger partial charge on any atom is 0.341 e. The molecule has 1 aromatic carbocycles. The number of halogens is 1. The fraction of sp³-hybridized carbons (Fsp3) is 0.111. The molecule has 0 fully saturated rings. The SMILES string of the molecule is COC(=O)c1c(N)ccc(F)c1C#N. The first-order valence-electron chi connectivity index (χ1n) is 3.68. The third-order valence-electron chi connectivity index (χ3n) is 1.69. The fourth-order valence-electron chi connectivity index (χ4n) is 1.02. The van der Waals surface area contributed by atoms with Gasteiger partial charge in [-0.05, 0) is 12.1 Å². The number of ether oxygens (including phenoxy) is 1. The number of rotatable bonds is 1. The van der Waals surface area contributed by atoms with Gasteiger partial charge in [0.05, 0.1) is 7.11 Å². The van der Waals surface area contributed by atoms with Crippen molar-refractivity contribution < 1.29 is 13.9 Å². The van der Waals surface area contributed by atoms with Crippen molar-refractivity contribution in [1.82, 2.24) is 0 Å². The van der Waals surface area contributed by atoms with E-state index >= 15 is 0 Å². The van der Waals surface area contributed by atoms with Crippen LogP contribution in [0.2, 0.25) is 0 Å². The summed E-state index contributed by atoms with van der Waals surface area (Å²) in [6.45, 7) is 0. The lowest BCUT2D eigenvalue weighted by Gasteiger charge is -2.05. The van der Waals surface area contributed by atoms with Crippen molar-refractivity contribution in [1.29, 1.82) is 5.26 Å². The minimum atomic E-state index is -0.821. The van der Waals surface area contributed by atoms with Gasteiger partial charge >= 0.3 is 5.97 Å². The first-order valence-corrected chi connectivity index (χ1v) is 3.68. The largest absolute Gasteiger partial charge is 0.465 e. The number of nitrogen functional groups attached to an aromatic ring is 1. The van der Waals surface area contributed by atoms with Crippen molar-refractivity contribution >= 4 is 11.7 Å². The van der Waals surface area contributed by atoms with Gasteiger partial charge in [0.15, 0.2) is 0 Å². The van der Waals surface area contributed by atoms with Crippen LogP contribution in [0, 0.1) is 17.1 Å². The second kappa shape index (κ2) is 3.75. The molecule has 0 bridgehead atoms. The van der Waals surface area contributed by atoms with E-state index in [9.17, 15) is 9.18 Å². The molecule has 0 aliphatic heterocycles. The van der Waals surface area contributed by atoms with Crippen LogP contribution in [-0.2, 0) is 4.74 Å². The normalized spacial score (nSPS) is 9.21. The third-order valence-corrected chi connectivity index (χ3v) is 1.69. The zero-order chi connectivity index (χ0) is 10.7. The Morgan fingerprint density at radius 2 is 2.29 bits per heavy atom. The quantitative estimate of drug-likeness (QED) is 0.535. The molecule has 0 radical (unpaired) electrons. The monoisotopic (exact) mass is 194 g/mol. The van der Waals surface area contributed by atoms with Gasteiger partial charge in [-0.3, -0.25) is 0 Å². The lowest BCUT2D eigenvalue weighted by Crippen LogP contribution is -2.09. The highest BCUT2D eigenvalue weighted by molar-refractivity contribution is 5.97. The Balaban J connectivity index is 3.47. The molecule has 0 atom stereocenters. The van der Waals surface area contributed by atoms with Crippen LogP contribution in [0.3, 0.4) is 0 Å². The van der Waals surface area contributed by atoms with Crippen molar-refractivity contribution in [2.75, 3.05) is 12.8 Å². The molecule has 0 aliphatic rings. The number of anilines is 1. The zero-order valence-electron chi connectivity index (χ0n) is 7.37. The number of hydrogen-bond donors (Lipinski definition) is 1. The van der Waals surface area contributed by atoms with Crippen molar-refractivity contribution in [3.05, 3.63) is 29.1 Å². The van der Waals surface area contributed by atoms with Crippen molar-refractivity contribution in [3.63, 3.8) is 0 Å². The molecule has 0 aliphatic carbocycles. The number of nitrogens with zero attached hydrogens (tertiary/aromatic N) is 1. The van der Waals surface area contributed by atoms with Gasteiger partial charge in [-0.25, -0.2) is 9.18 Å². The minimum absolute atomic E-state index is 0.0230. The second-order valence-corrected chi connectivity index (χ2v) is 2.49. The molecule has 14 heavy (non-hydrogen) atoms. The van der Waals surface area contributed by atoms with E-state index in [1.54, 1.807) is 6.07 Å². The van der Waals surface area contributed by atoms with Crippen LogP contribution in [0.15, 0.2) is 12.1 Å². The van der Waals surface area contributed by atoms with Gasteiger partial charge in [-0.1, -0.05) is 0 Å².